The molecule has 1 unspecified atom stereocenters. The molecule has 1 N–H and O–H groups in total. The minimum absolute atomic E-state index is 0.00764. The van der Waals surface area contributed by atoms with Crippen molar-refractivity contribution < 1.29 is 4.79 Å². The first-order valence-corrected chi connectivity index (χ1v) is 7.37. The Morgan fingerprint density at radius 3 is 3.15 bits per heavy atom. The molecule has 2 aromatic rings. The van der Waals surface area contributed by atoms with Gasteiger partial charge in [0, 0.05) is 10.8 Å². The molecule has 100 valence electrons. The van der Waals surface area contributed by atoms with E-state index in [1.165, 1.54) is 4.88 Å². The highest BCUT2D eigenvalue weighted by Gasteiger charge is 2.26. The number of nitriles is 1. The summed E-state index contributed by atoms with van der Waals surface area (Å²) in [6.45, 7) is 0. The van der Waals surface area contributed by atoms with Crippen molar-refractivity contribution in [1.82, 2.24) is 4.98 Å². The molecule has 0 saturated carbocycles. The molecule has 1 aromatic heterocycles. The number of aryl methyl sites for hydroxylation is 1. The van der Waals surface area contributed by atoms with E-state index in [0.29, 0.717) is 11.3 Å². The van der Waals surface area contributed by atoms with Crippen LogP contribution in [0, 0.1) is 17.2 Å². The lowest BCUT2D eigenvalue weighted by Gasteiger charge is -2.20. The number of rotatable bonds is 2. The minimum atomic E-state index is -0.0327. The van der Waals surface area contributed by atoms with E-state index in [1.54, 1.807) is 29.5 Å². The maximum absolute atomic E-state index is 12.3. The molecule has 0 radical (unpaired) electrons. The average molecular weight is 283 g/mol. The number of amides is 1. The number of benzene rings is 1. The zero-order valence-electron chi connectivity index (χ0n) is 10.8. The van der Waals surface area contributed by atoms with Crippen molar-refractivity contribution in [1.29, 1.82) is 5.26 Å². The summed E-state index contributed by atoms with van der Waals surface area (Å²) < 4.78 is 0. The highest BCUT2D eigenvalue weighted by molar-refractivity contribution is 7.09. The lowest BCUT2D eigenvalue weighted by Crippen LogP contribution is -2.28. The second-order valence-electron chi connectivity index (χ2n) is 4.81. The van der Waals surface area contributed by atoms with Crippen LogP contribution in [0.25, 0.3) is 0 Å². The van der Waals surface area contributed by atoms with Gasteiger partial charge in [-0.1, -0.05) is 12.1 Å². The lowest BCUT2D eigenvalue weighted by molar-refractivity contribution is -0.120. The molecule has 1 aliphatic rings. The van der Waals surface area contributed by atoms with Crippen molar-refractivity contribution in [2.75, 3.05) is 5.32 Å². The quantitative estimate of drug-likeness (QED) is 0.921. The van der Waals surface area contributed by atoms with Gasteiger partial charge in [0.15, 0.2) is 0 Å². The zero-order chi connectivity index (χ0) is 13.9. The van der Waals surface area contributed by atoms with Gasteiger partial charge in [-0.25, -0.2) is 4.98 Å². The normalized spacial score (nSPS) is 17.1. The summed E-state index contributed by atoms with van der Waals surface area (Å²) in [7, 11) is 0. The zero-order valence-corrected chi connectivity index (χ0v) is 11.6. The van der Waals surface area contributed by atoms with E-state index in [1.807, 2.05) is 11.6 Å². The Kier molecular flexibility index (Phi) is 3.48. The van der Waals surface area contributed by atoms with Crippen molar-refractivity contribution in [3.8, 4) is 6.07 Å². The maximum atomic E-state index is 12.3. The Hall–Kier alpha value is -2.19. The predicted octanol–water partition coefficient (Wildman–Crippen LogP) is 2.76. The molecule has 20 heavy (non-hydrogen) atoms. The lowest BCUT2D eigenvalue weighted by atomic mass is 9.90. The highest BCUT2D eigenvalue weighted by Crippen LogP contribution is 2.28. The van der Waals surface area contributed by atoms with Crippen LogP contribution in [0.1, 0.15) is 22.6 Å². The molecule has 0 aliphatic heterocycles. The summed E-state index contributed by atoms with van der Waals surface area (Å²) in [5, 5.41) is 11.9. The number of hydrogen-bond donors (Lipinski definition) is 1. The van der Waals surface area contributed by atoms with Gasteiger partial charge in [-0.2, -0.15) is 5.26 Å². The third-order valence-corrected chi connectivity index (χ3v) is 4.46. The summed E-state index contributed by atoms with van der Waals surface area (Å²) in [5.41, 5.74) is 4.07. The van der Waals surface area contributed by atoms with Crippen LogP contribution in [0.3, 0.4) is 0 Å². The number of aromatic nitrogens is 1. The van der Waals surface area contributed by atoms with Crippen LogP contribution in [-0.2, 0) is 17.6 Å². The van der Waals surface area contributed by atoms with Crippen LogP contribution in [0.5, 0.6) is 0 Å². The molecule has 0 saturated heterocycles. The number of thiazole rings is 1. The molecule has 0 bridgehead atoms. The van der Waals surface area contributed by atoms with Gasteiger partial charge in [-0.05, 0) is 31.4 Å². The summed E-state index contributed by atoms with van der Waals surface area (Å²) in [4.78, 5) is 17.8. The van der Waals surface area contributed by atoms with E-state index in [9.17, 15) is 4.79 Å². The van der Waals surface area contributed by atoms with Crippen molar-refractivity contribution in [2.24, 2.45) is 5.92 Å². The Bertz CT molecular complexity index is 686. The summed E-state index contributed by atoms with van der Waals surface area (Å²) >= 11 is 1.62. The van der Waals surface area contributed by atoms with Crippen LogP contribution in [0.15, 0.2) is 29.8 Å². The first-order chi connectivity index (χ1) is 9.78. The molecule has 1 heterocycles. The van der Waals surface area contributed by atoms with Gasteiger partial charge >= 0.3 is 0 Å². The number of carbonyl (C=O) groups excluding carboxylic acids is 1. The SMILES string of the molecule is N#Cc1ccccc1NC(=O)C1CCc2ncsc2C1. The van der Waals surface area contributed by atoms with E-state index < -0.39 is 0 Å². The molecule has 1 aromatic carbocycles. The largest absolute Gasteiger partial charge is 0.325 e. The number of carbonyl (C=O) groups is 1. The van der Waals surface area contributed by atoms with Crippen LogP contribution in [-0.4, -0.2) is 10.9 Å². The van der Waals surface area contributed by atoms with Gasteiger partial charge in [0.05, 0.1) is 22.5 Å². The molecule has 1 amide bonds. The Labute approximate surface area is 121 Å². The molecule has 1 atom stereocenters. The smallest absolute Gasteiger partial charge is 0.227 e. The Morgan fingerprint density at radius 2 is 2.30 bits per heavy atom. The third kappa shape index (κ3) is 2.43. The fourth-order valence-corrected chi connectivity index (χ4v) is 3.34. The third-order valence-electron chi connectivity index (χ3n) is 3.56. The second kappa shape index (κ2) is 5.43. The van der Waals surface area contributed by atoms with E-state index in [4.69, 9.17) is 5.26 Å². The van der Waals surface area contributed by atoms with Gasteiger partial charge in [0.1, 0.15) is 6.07 Å². The molecule has 0 fully saturated rings. The number of nitrogens with one attached hydrogen (secondary N) is 1. The molecule has 4 nitrogen and oxygen atoms in total. The van der Waals surface area contributed by atoms with Gasteiger partial charge < -0.3 is 5.32 Å². The van der Waals surface area contributed by atoms with Gasteiger partial charge in [0.25, 0.3) is 0 Å². The van der Waals surface area contributed by atoms with Gasteiger partial charge in [-0.15, -0.1) is 11.3 Å². The van der Waals surface area contributed by atoms with Crippen molar-refractivity contribution in [3.05, 3.63) is 45.9 Å². The van der Waals surface area contributed by atoms with E-state index >= 15 is 0 Å². The van der Waals surface area contributed by atoms with Crippen molar-refractivity contribution >= 4 is 22.9 Å². The molecular weight excluding hydrogens is 270 g/mol. The Morgan fingerprint density at radius 1 is 1.45 bits per heavy atom. The first kappa shape index (κ1) is 12.8. The summed E-state index contributed by atoms with van der Waals surface area (Å²) in [6.07, 6.45) is 2.43. The fourth-order valence-electron chi connectivity index (χ4n) is 2.45. The summed E-state index contributed by atoms with van der Waals surface area (Å²) in [6, 6.07) is 9.17. The number of hydrogen-bond acceptors (Lipinski definition) is 4. The van der Waals surface area contributed by atoms with Gasteiger partial charge in [-0.3, -0.25) is 4.79 Å². The van der Waals surface area contributed by atoms with Crippen molar-refractivity contribution in [3.63, 3.8) is 0 Å². The number of para-hydroxylation sites is 1. The standard InChI is InChI=1S/C15H13N3OS/c16-8-11-3-1-2-4-12(11)18-15(19)10-5-6-13-14(7-10)20-9-17-13/h1-4,9-10H,5-7H2,(H,18,19). The summed E-state index contributed by atoms with van der Waals surface area (Å²) in [5.74, 6) is -0.0403. The Balaban J connectivity index is 1.73. The number of anilines is 1. The second-order valence-corrected chi connectivity index (χ2v) is 5.75. The first-order valence-electron chi connectivity index (χ1n) is 6.49. The maximum Gasteiger partial charge on any atom is 0.227 e. The fraction of sp³-hybridized carbons (Fsp3) is 0.267. The monoisotopic (exact) mass is 283 g/mol. The average Bonchev–Trinajstić information content (AvgIpc) is 2.95. The van der Waals surface area contributed by atoms with Crippen LogP contribution < -0.4 is 5.32 Å². The van der Waals surface area contributed by atoms with Crippen molar-refractivity contribution in [2.45, 2.75) is 19.3 Å². The van der Waals surface area contributed by atoms with Gasteiger partial charge in [0.2, 0.25) is 5.91 Å². The molecule has 1 aliphatic carbocycles. The minimum Gasteiger partial charge on any atom is -0.325 e. The highest BCUT2D eigenvalue weighted by atomic mass is 32.1. The van der Waals surface area contributed by atoms with E-state index in [0.717, 1.165) is 25.0 Å². The van der Waals surface area contributed by atoms with E-state index in [-0.39, 0.29) is 11.8 Å². The molecule has 3 rings (SSSR count). The number of fused-ring (bicyclic) bond motifs is 1. The molecular formula is C15H13N3OS. The molecule has 5 heteroatoms. The topological polar surface area (TPSA) is 65.8 Å². The molecule has 0 spiro atoms. The van der Waals surface area contributed by atoms with E-state index in [2.05, 4.69) is 16.4 Å². The van der Waals surface area contributed by atoms with Crippen LogP contribution >= 0.6 is 11.3 Å². The van der Waals surface area contributed by atoms with Crippen LogP contribution in [0.2, 0.25) is 0 Å². The predicted molar refractivity (Wildman–Crippen MR) is 77.4 cm³/mol. The van der Waals surface area contributed by atoms with Crippen LogP contribution in [0.4, 0.5) is 5.69 Å². The number of nitrogens with zero attached hydrogens (tertiary/aromatic N) is 2.